The van der Waals surface area contributed by atoms with Gasteiger partial charge in [-0.3, -0.25) is 4.98 Å². The molecular formula is C14H13N3S. The topological polar surface area (TPSA) is 41.6 Å². The number of H-pyrrole nitrogens is 1. The van der Waals surface area contributed by atoms with Crippen LogP contribution in [-0.4, -0.2) is 15.0 Å². The molecule has 2 aromatic heterocycles. The molecule has 0 aliphatic carbocycles. The van der Waals surface area contributed by atoms with E-state index in [9.17, 15) is 0 Å². The molecule has 1 aromatic carbocycles. The molecule has 2 heterocycles. The number of fused-ring (bicyclic) bond motifs is 1. The molecule has 0 aliphatic heterocycles. The third-order valence-corrected chi connectivity index (χ3v) is 3.68. The van der Waals surface area contributed by atoms with Crippen LogP contribution in [0.3, 0.4) is 0 Å². The molecule has 0 amide bonds. The van der Waals surface area contributed by atoms with Crippen LogP contribution in [0.5, 0.6) is 0 Å². The van der Waals surface area contributed by atoms with Crippen LogP contribution in [0.25, 0.3) is 11.0 Å². The first kappa shape index (κ1) is 11.3. The molecule has 90 valence electrons. The van der Waals surface area contributed by atoms with E-state index in [1.54, 1.807) is 11.8 Å². The summed E-state index contributed by atoms with van der Waals surface area (Å²) in [4.78, 5) is 12.2. The second kappa shape index (κ2) is 4.82. The standard InChI is InChI=1S/C14H13N3S/c1-10-5-4-7-12-13(10)17-14(16-12)18-9-11-6-2-3-8-15-11/h2-8H,9H2,1H3,(H,16,17). The van der Waals surface area contributed by atoms with Crippen molar-refractivity contribution in [3.63, 3.8) is 0 Å². The van der Waals surface area contributed by atoms with Crippen LogP contribution in [0.2, 0.25) is 0 Å². The van der Waals surface area contributed by atoms with Crippen LogP contribution >= 0.6 is 11.8 Å². The summed E-state index contributed by atoms with van der Waals surface area (Å²) in [7, 11) is 0. The Balaban J connectivity index is 1.81. The molecule has 0 saturated carbocycles. The summed E-state index contributed by atoms with van der Waals surface area (Å²) in [6, 6.07) is 12.1. The first-order valence-corrected chi connectivity index (χ1v) is 6.79. The van der Waals surface area contributed by atoms with Crippen LogP contribution in [-0.2, 0) is 5.75 Å². The van der Waals surface area contributed by atoms with Crippen molar-refractivity contribution in [2.45, 2.75) is 17.8 Å². The number of benzene rings is 1. The molecule has 0 fully saturated rings. The molecule has 1 N–H and O–H groups in total. The first-order chi connectivity index (χ1) is 8.83. The van der Waals surface area contributed by atoms with Crippen LogP contribution < -0.4 is 0 Å². The van der Waals surface area contributed by atoms with Crippen LogP contribution in [0.15, 0.2) is 47.8 Å². The first-order valence-electron chi connectivity index (χ1n) is 5.81. The number of aromatic nitrogens is 3. The summed E-state index contributed by atoms with van der Waals surface area (Å²) in [6.45, 7) is 2.08. The lowest BCUT2D eigenvalue weighted by Crippen LogP contribution is -1.85. The van der Waals surface area contributed by atoms with Crippen molar-refractivity contribution in [3.05, 3.63) is 53.9 Å². The van der Waals surface area contributed by atoms with Gasteiger partial charge in [-0.15, -0.1) is 0 Å². The highest BCUT2D eigenvalue weighted by molar-refractivity contribution is 7.98. The van der Waals surface area contributed by atoms with Gasteiger partial charge in [0.05, 0.1) is 16.7 Å². The molecule has 3 nitrogen and oxygen atoms in total. The Bertz CT molecular complexity index is 661. The van der Waals surface area contributed by atoms with Gasteiger partial charge in [0.2, 0.25) is 0 Å². The average Bonchev–Trinajstić information content (AvgIpc) is 2.82. The van der Waals surface area contributed by atoms with Crippen molar-refractivity contribution in [2.75, 3.05) is 0 Å². The van der Waals surface area contributed by atoms with Gasteiger partial charge < -0.3 is 4.98 Å². The van der Waals surface area contributed by atoms with Gasteiger partial charge in [-0.1, -0.05) is 30.0 Å². The van der Waals surface area contributed by atoms with Gasteiger partial charge in [-0.05, 0) is 30.7 Å². The van der Waals surface area contributed by atoms with E-state index in [2.05, 4.69) is 34.0 Å². The summed E-state index contributed by atoms with van der Waals surface area (Å²) in [5, 5.41) is 0.949. The van der Waals surface area contributed by atoms with Gasteiger partial charge in [0.25, 0.3) is 0 Å². The smallest absolute Gasteiger partial charge is 0.166 e. The number of para-hydroxylation sites is 1. The predicted octanol–water partition coefficient (Wildman–Crippen LogP) is 3.56. The number of aromatic amines is 1. The maximum atomic E-state index is 4.61. The average molecular weight is 255 g/mol. The number of nitrogens with one attached hydrogen (secondary N) is 1. The Morgan fingerprint density at radius 3 is 2.89 bits per heavy atom. The zero-order valence-electron chi connectivity index (χ0n) is 10.1. The maximum Gasteiger partial charge on any atom is 0.166 e. The summed E-state index contributed by atoms with van der Waals surface area (Å²) in [5.74, 6) is 0.833. The number of pyridine rings is 1. The highest BCUT2D eigenvalue weighted by Crippen LogP contribution is 2.23. The minimum atomic E-state index is 0.833. The summed E-state index contributed by atoms with van der Waals surface area (Å²) in [5.41, 5.74) is 4.42. The lowest BCUT2D eigenvalue weighted by Gasteiger charge is -1.96. The minimum absolute atomic E-state index is 0.833. The van der Waals surface area contributed by atoms with Crippen molar-refractivity contribution in [3.8, 4) is 0 Å². The van der Waals surface area contributed by atoms with E-state index in [-0.39, 0.29) is 0 Å². The largest absolute Gasteiger partial charge is 0.333 e. The molecule has 0 saturated heterocycles. The number of hydrogen-bond acceptors (Lipinski definition) is 3. The Morgan fingerprint density at radius 2 is 2.11 bits per heavy atom. The summed E-state index contributed by atoms with van der Waals surface area (Å²) in [6.07, 6.45) is 1.82. The fraction of sp³-hybridized carbons (Fsp3) is 0.143. The molecule has 0 aliphatic rings. The molecule has 0 spiro atoms. The zero-order chi connectivity index (χ0) is 12.4. The van der Waals surface area contributed by atoms with Crippen molar-refractivity contribution < 1.29 is 0 Å². The molecule has 3 rings (SSSR count). The Kier molecular flexibility index (Phi) is 3.02. The number of aryl methyl sites for hydroxylation is 1. The molecule has 0 atom stereocenters. The minimum Gasteiger partial charge on any atom is -0.333 e. The van der Waals surface area contributed by atoms with E-state index in [1.807, 2.05) is 30.5 Å². The third-order valence-electron chi connectivity index (χ3n) is 2.78. The molecular weight excluding hydrogens is 242 g/mol. The van der Waals surface area contributed by atoms with Crippen LogP contribution in [0, 0.1) is 6.92 Å². The van der Waals surface area contributed by atoms with Gasteiger partial charge >= 0.3 is 0 Å². The number of rotatable bonds is 3. The number of nitrogens with zero attached hydrogens (tertiary/aromatic N) is 2. The molecule has 3 aromatic rings. The van der Waals surface area contributed by atoms with Crippen LogP contribution in [0.4, 0.5) is 0 Å². The molecule has 4 heteroatoms. The number of thioether (sulfide) groups is 1. The monoisotopic (exact) mass is 255 g/mol. The van der Waals surface area contributed by atoms with Gasteiger partial charge in [-0.2, -0.15) is 0 Å². The van der Waals surface area contributed by atoms with E-state index in [0.717, 1.165) is 27.6 Å². The molecule has 0 unspecified atom stereocenters. The summed E-state index contributed by atoms with van der Waals surface area (Å²) < 4.78 is 0. The van der Waals surface area contributed by atoms with Crippen molar-refractivity contribution >= 4 is 22.8 Å². The van der Waals surface area contributed by atoms with Crippen LogP contribution in [0.1, 0.15) is 11.3 Å². The Labute approximate surface area is 110 Å². The van der Waals surface area contributed by atoms with E-state index in [0.29, 0.717) is 0 Å². The maximum absolute atomic E-state index is 4.61. The normalized spacial score (nSPS) is 10.9. The van der Waals surface area contributed by atoms with E-state index in [4.69, 9.17) is 0 Å². The van der Waals surface area contributed by atoms with E-state index in [1.165, 1.54) is 5.56 Å². The zero-order valence-corrected chi connectivity index (χ0v) is 10.9. The predicted molar refractivity (Wildman–Crippen MR) is 74.6 cm³/mol. The lowest BCUT2D eigenvalue weighted by molar-refractivity contribution is 1.07. The van der Waals surface area contributed by atoms with Crippen molar-refractivity contribution in [1.29, 1.82) is 0 Å². The highest BCUT2D eigenvalue weighted by Gasteiger charge is 2.05. The number of imidazole rings is 1. The second-order valence-electron chi connectivity index (χ2n) is 4.12. The fourth-order valence-corrected chi connectivity index (χ4v) is 2.64. The molecule has 0 bridgehead atoms. The fourth-order valence-electron chi connectivity index (χ4n) is 1.85. The van der Waals surface area contributed by atoms with Crippen molar-refractivity contribution in [1.82, 2.24) is 15.0 Å². The Morgan fingerprint density at radius 1 is 1.17 bits per heavy atom. The summed E-state index contributed by atoms with van der Waals surface area (Å²) >= 11 is 1.68. The van der Waals surface area contributed by atoms with Gasteiger partial charge in [-0.25, -0.2) is 4.98 Å². The quantitative estimate of drug-likeness (QED) is 0.728. The molecule has 0 radical (unpaired) electrons. The van der Waals surface area contributed by atoms with Gasteiger partial charge in [0.15, 0.2) is 5.16 Å². The highest BCUT2D eigenvalue weighted by atomic mass is 32.2. The van der Waals surface area contributed by atoms with Crippen molar-refractivity contribution in [2.24, 2.45) is 0 Å². The number of hydrogen-bond donors (Lipinski definition) is 1. The lowest BCUT2D eigenvalue weighted by atomic mass is 10.2. The second-order valence-corrected chi connectivity index (χ2v) is 5.09. The third kappa shape index (κ3) is 2.24. The van der Waals surface area contributed by atoms with Gasteiger partial charge in [0, 0.05) is 11.9 Å². The van der Waals surface area contributed by atoms with E-state index >= 15 is 0 Å². The van der Waals surface area contributed by atoms with E-state index < -0.39 is 0 Å². The SMILES string of the molecule is Cc1cccc2[nH]c(SCc3ccccn3)nc12. The molecule has 18 heavy (non-hydrogen) atoms. The Hall–Kier alpha value is -1.81. The van der Waals surface area contributed by atoms with Gasteiger partial charge in [0.1, 0.15) is 0 Å².